The van der Waals surface area contributed by atoms with Crippen molar-refractivity contribution in [3.8, 4) is 5.75 Å². The lowest BCUT2D eigenvalue weighted by molar-refractivity contribution is 0.477. The van der Waals surface area contributed by atoms with Crippen LogP contribution in [0.15, 0.2) is 52.3 Å². The van der Waals surface area contributed by atoms with Gasteiger partial charge >= 0.3 is 0 Å². The number of hydrogen-bond acceptors (Lipinski definition) is 3. The van der Waals surface area contributed by atoms with E-state index in [0.29, 0.717) is 5.69 Å². The van der Waals surface area contributed by atoms with Crippen LogP contribution in [-0.4, -0.2) is 11.3 Å². The highest BCUT2D eigenvalue weighted by Gasteiger charge is 1.95. The van der Waals surface area contributed by atoms with Gasteiger partial charge in [0.05, 0.1) is 12.5 Å². The molecular weight excluding hydrogens is 178 g/mol. The number of phenols is 1. The topological polar surface area (TPSA) is 45.7 Å². The van der Waals surface area contributed by atoms with E-state index in [-0.39, 0.29) is 5.75 Å². The van der Waals surface area contributed by atoms with E-state index >= 15 is 0 Å². The first-order valence-electron chi connectivity index (χ1n) is 4.20. The third-order valence-electron chi connectivity index (χ3n) is 1.78. The fraction of sp³-hybridized carbons (Fsp3) is 0. The molecule has 0 aliphatic heterocycles. The monoisotopic (exact) mass is 187 g/mol. The summed E-state index contributed by atoms with van der Waals surface area (Å²) in [5.74, 6) is 0.173. The van der Waals surface area contributed by atoms with Crippen LogP contribution in [0.1, 0.15) is 5.56 Å². The summed E-state index contributed by atoms with van der Waals surface area (Å²) in [5.41, 5.74) is 1.42. The van der Waals surface area contributed by atoms with Gasteiger partial charge in [0, 0.05) is 11.8 Å². The average Bonchev–Trinajstić information content (AvgIpc) is 2.69. The van der Waals surface area contributed by atoms with Crippen LogP contribution in [0, 0.1) is 0 Å². The molecule has 0 radical (unpaired) electrons. The van der Waals surface area contributed by atoms with Gasteiger partial charge in [0.1, 0.15) is 11.4 Å². The molecule has 0 aliphatic rings. The minimum Gasteiger partial charge on any atom is -0.506 e. The molecule has 0 bridgehead atoms. The maximum atomic E-state index is 9.40. The summed E-state index contributed by atoms with van der Waals surface area (Å²) in [4.78, 5) is 4.11. The average molecular weight is 187 g/mol. The van der Waals surface area contributed by atoms with Crippen molar-refractivity contribution in [1.29, 1.82) is 0 Å². The van der Waals surface area contributed by atoms with Crippen molar-refractivity contribution in [3.05, 3.63) is 48.4 Å². The van der Waals surface area contributed by atoms with Crippen molar-refractivity contribution in [2.75, 3.05) is 0 Å². The summed E-state index contributed by atoms with van der Waals surface area (Å²) in [6.45, 7) is 0. The lowest BCUT2D eigenvalue weighted by Crippen LogP contribution is -1.73. The molecule has 2 aromatic rings. The molecule has 1 heterocycles. The van der Waals surface area contributed by atoms with Gasteiger partial charge in [-0.3, -0.25) is 4.99 Å². The highest BCUT2D eigenvalue weighted by molar-refractivity contribution is 5.82. The van der Waals surface area contributed by atoms with Gasteiger partial charge in [-0.2, -0.15) is 0 Å². The number of aliphatic imine (C=N–C) groups is 1. The quantitative estimate of drug-likeness (QED) is 0.734. The molecule has 0 atom stereocenters. The predicted molar refractivity (Wildman–Crippen MR) is 54.1 cm³/mol. The number of para-hydroxylation sites is 2. The van der Waals surface area contributed by atoms with E-state index in [0.717, 1.165) is 5.56 Å². The molecule has 3 heteroatoms. The molecule has 0 unspecified atom stereocenters. The van der Waals surface area contributed by atoms with Gasteiger partial charge in [0.15, 0.2) is 0 Å². The SMILES string of the molecule is Oc1ccccc1N=Cc1ccoc1. The Balaban J connectivity index is 2.23. The zero-order valence-corrected chi connectivity index (χ0v) is 7.42. The van der Waals surface area contributed by atoms with Crippen molar-refractivity contribution >= 4 is 11.9 Å². The van der Waals surface area contributed by atoms with Crippen molar-refractivity contribution in [2.45, 2.75) is 0 Å². The number of phenolic OH excluding ortho intramolecular Hbond substituents is 1. The molecule has 0 spiro atoms. The van der Waals surface area contributed by atoms with E-state index in [4.69, 9.17) is 4.42 Å². The summed E-state index contributed by atoms with van der Waals surface area (Å²) in [6, 6.07) is 8.71. The number of aromatic hydroxyl groups is 1. The van der Waals surface area contributed by atoms with Crippen LogP contribution in [0.2, 0.25) is 0 Å². The van der Waals surface area contributed by atoms with E-state index < -0.39 is 0 Å². The largest absolute Gasteiger partial charge is 0.506 e. The van der Waals surface area contributed by atoms with E-state index in [9.17, 15) is 5.11 Å². The molecule has 0 saturated heterocycles. The Morgan fingerprint density at radius 1 is 1.21 bits per heavy atom. The third kappa shape index (κ3) is 1.82. The molecule has 1 aromatic heterocycles. The molecule has 0 aliphatic carbocycles. The van der Waals surface area contributed by atoms with E-state index in [1.807, 2.05) is 6.07 Å². The van der Waals surface area contributed by atoms with Gasteiger partial charge in [-0.1, -0.05) is 12.1 Å². The summed E-state index contributed by atoms with van der Waals surface area (Å²) in [6.07, 6.45) is 4.80. The summed E-state index contributed by atoms with van der Waals surface area (Å²) in [5, 5.41) is 9.40. The van der Waals surface area contributed by atoms with Gasteiger partial charge in [-0.15, -0.1) is 0 Å². The van der Waals surface area contributed by atoms with Crippen LogP contribution in [0.4, 0.5) is 5.69 Å². The highest BCUT2D eigenvalue weighted by Crippen LogP contribution is 2.24. The van der Waals surface area contributed by atoms with Crippen molar-refractivity contribution in [1.82, 2.24) is 0 Å². The fourth-order valence-corrected chi connectivity index (χ4v) is 1.07. The van der Waals surface area contributed by atoms with Gasteiger partial charge < -0.3 is 9.52 Å². The molecule has 2 rings (SSSR count). The molecule has 0 amide bonds. The van der Waals surface area contributed by atoms with Crippen LogP contribution in [0.3, 0.4) is 0 Å². The maximum Gasteiger partial charge on any atom is 0.141 e. The Hall–Kier alpha value is -2.03. The lowest BCUT2D eigenvalue weighted by atomic mass is 10.3. The second-order valence-electron chi connectivity index (χ2n) is 2.80. The van der Waals surface area contributed by atoms with Crippen molar-refractivity contribution < 1.29 is 9.52 Å². The minimum absolute atomic E-state index is 0.173. The normalized spacial score (nSPS) is 10.9. The third-order valence-corrected chi connectivity index (χ3v) is 1.78. The Labute approximate surface area is 81.3 Å². The summed E-state index contributed by atoms with van der Waals surface area (Å²) < 4.78 is 4.88. The zero-order chi connectivity index (χ0) is 9.80. The van der Waals surface area contributed by atoms with Crippen molar-refractivity contribution in [3.63, 3.8) is 0 Å². The minimum atomic E-state index is 0.173. The van der Waals surface area contributed by atoms with Crippen LogP contribution >= 0.6 is 0 Å². The molecule has 1 aromatic carbocycles. The first-order valence-corrected chi connectivity index (χ1v) is 4.20. The Morgan fingerprint density at radius 2 is 2.07 bits per heavy atom. The Bertz CT molecular complexity index is 432. The van der Waals surface area contributed by atoms with Crippen LogP contribution in [0.25, 0.3) is 0 Å². The summed E-state index contributed by atoms with van der Waals surface area (Å²) in [7, 11) is 0. The number of furan rings is 1. The molecule has 0 fully saturated rings. The lowest BCUT2D eigenvalue weighted by Gasteiger charge is -1.95. The van der Waals surface area contributed by atoms with Gasteiger partial charge in [-0.25, -0.2) is 0 Å². The highest BCUT2D eigenvalue weighted by atomic mass is 16.3. The number of rotatable bonds is 2. The first kappa shape index (κ1) is 8.56. The molecule has 3 nitrogen and oxygen atoms in total. The second-order valence-corrected chi connectivity index (χ2v) is 2.80. The molecular formula is C11H9NO2. The van der Waals surface area contributed by atoms with Crippen LogP contribution < -0.4 is 0 Å². The molecule has 1 N–H and O–H groups in total. The Kier molecular flexibility index (Phi) is 2.32. The van der Waals surface area contributed by atoms with E-state index in [1.165, 1.54) is 0 Å². The van der Waals surface area contributed by atoms with Gasteiger partial charge in [0.25, 0.3) is 0 Å². The second kappa shape index (κ2) is 3.79. The van der Waals surface area contributed by atoms with Crippen molar-refractivity contribution in [2.24, 2.45) is 4.99 Å². The van der Waals surface area contributed by atoms with E-state index in [2.05, 4.69) is 4.99 Å². The summed E-state index contributed by atoms with van der Waals surface area (Å²) >= 11 is 0. The molecule has 0 saturated carbocycles. The molecule has 14 heavy (non-hydrogen) atoms. The Morgan fingerprint density at radius 3 is 2.79 bits per heavy atom. The number of hydrogen-bond donors (Lipinski definition) is 1. The zero-order valence-electron chi connectivity index (χ0n) is 7.42. The standard InChI is InChI=1S/C11H9NO2/c13-11-4-2-1-3-10(11)12-7-9-5-6-14-8-9/h1-8,13H. The van der Waals surface area contributed by atoms with Gasteiger partial charge in [-0.05, 0) is 18.2 Å². The van der Waals surface area contributed by atoms with Crippen LogP contribution in [-0.2, 0) is 0 Å². The van der Waals surface area contributed by atoms with Crippen LogP contribution in [0.5, 0.6) is 5.75 Å². The molecule has 70 valence electrons. The van der Waals surface area contributed by atoms with Gasteiger partial charge in [0.2, 0.25) is 0 Å². The van der Waals surface area contributed by atoms with E-state index in [1.54, 1.807) is 43.0 Å². The maximum absolute atomic E-state index is 9.40. The fourth-order valence-electron chi connectivity index (χ4n) is 1.07. The smallest absolute Gasteiger partial charge is 0.141 e. The first-order chi connectivity index (χ1) is 6.86. The number of benzene rings is 1. The predicted octanol–water partition coefficient (Wildman–Crippen LogP) is 2.74. The number of nitrogens with zero attached hydrogens (tertiary/aromatic N) is 1.